The summed E-state index contributed by atoms with van der Waals surface area (Å²) >= 11 is 0. The van der Waals surface area contributed by atoms with E-state index >= 15 is 0 Å². The van der Waals surface area contributed by atoms with Crippen LogP contribution in [0.15, 0.2) is 84.9 Å². The molecule has 3 rings (SSSR count). The second kappa shape index (κ2) is 6.65. The maximum Gasteiger partial charge on any atom is 0.0461 e. The van der Waals surface area contributed by atoms with Crippen LogP contribution in [0, 0.1) is 12.3 Å². The lowest BCUT2D eigenvalue weighted by Crippen LogP contribution is -2.09. The molecule has 0 bridgehead atoms. The first-order valence-corrected chi connectivity index (χ1v) is 7.31. The molecule has 0 aliphatic heterocycles. The number of para-hydroxylation sites is 2. The quantitative estimate of drug-likeness (QED) is 0.585. The standard InChI is InChI=1S/C21H17N/c1-2-9-18-14-16-21(17-15-18)22(19-10-5-3-6-11-19)20-12-7-4-8-13-20/h1,3-8,10-17H,9H2. The fraction of sp³-hybridized carbons (Fsp3) is 0.0476. The molecular weight excluding hydrogens is 266 g/mol. The van der Waals surface area contributed by atoms with Gasteiger partial charge < -0.3 is 4.90 Å². The molecule has 0 saturated heterocycles. The zero-order valence-corrected chi connectivity index (χ0v) is 12.3. The third-order valence-corrected chi connectivity index (χ3v) is 3.53. The van der Waals surface area contributed by atoms with Crippen LogP contribution in [-0.2, 0) is 6.42 Å². The van der Waals surface area contributed by atoms with Crippen LogP contribution in [0.25, 0.3) is 0 Å². The van der Waals surface area contributed by atoms with Crippen molar-refractivity contribution in [3.05, 3.63) is 90.5 Å². The van der Waals surface area contributed by atoms with Crippen molar-refractivity contribution in [2.45, 2.75) is 6.42 Å². The predicted molar refractivity (Wildman–Crippen MR) is 93.7 cm³/mol. The molecule has 0 spiro atoms. The highest BCUT2D eigenvalue weighted by Crippen LogP contribution is 2.33. The molecule has 0 aliphatic rings. The first-order chi connectivity index (χ1) is 10.9. The normalized spacial score (nSPS) is 9.95. The third-order valence-electron chi connectivity index (χ3n) is 3.53. The Morgan fingerprint density at radius 2 is 1.09 bits per heavy atom. The monoisotopic (exact) mass is 283 g/mol. The minimum absolute atomic E-state index is 0.664. The zero-order chi connectivity index (χ0) is 15.2. The Labute approximate surface area is 131 Å². The minimum Gasteiger partial charge on any atom is -0.311 e. The van der Waals surface area contributed by atoms with Gasteiger partial charge >= 0.3 is 0 Å². The summed E-state index contributed by atoms with van der Waals surface area (Å²) in [5.41, 5.74) is 4.56. The van der Waals surface area contributed by atoms with Gasteiger partial charge in [-0.1, -0.05) is 48.5 Å². The number of rotatable bonds is 4. The number of hydrogen-bond acceptors (Lipinski definition) is 1. The topological polar surface area (TPSA) is 3.24 Å². The average molecular weight is 283 g/mol. The number of benzene rings is 3. The molecule has 0 fully saturated rings. The van der Waals surface area contributed by atoms with Crippen LogP contribution in [0.4, 0.5) is 17.1 Å². The van der Waals surface area contributed by atoms with Gasteiger partial charge in [-0.05, 0) is 42.0 Å². The molecule has 1 heteroatoms. The van der Waals surface area contributed by atoms with Crippen molar-refractivity contribution in [2.24, 2.45) is 0 Å². The first-order valence-electron chi connectivity index (χ1n) is 7.31. The Hall–Kier alpha value is -2.98. The number of nitrogens with zero attached hydrogens (tertiary/aromatic N) is 1. The van der Waals surface area contributed by atoms with Gasteiger partial charge in [0.05, 0.1) is 0 Å². The molecule has 0 N–H and O–H groups in total. The van der Waals surface area contributed by atoms with Gasteiger partial charge in [0.25, 0.3) is 0 Å². The van der Waals surface area contributed by atoms with Crippen molar-refractivity contribution >= 4 is 17.1 Å². The molecule has 0 saturated carbocycles. The summed E-state index contributed by atoms with van der Waals surface area (Å²) in [6, 6.07) is 29.1. The lowest BCUT2D eigenvalue weighted by molar-refractivity contribution is 1.26. The van der Waals surface area contributed by atoms with E-state index < -0.39 is 0 Å². The van der Waals surface area contributed by atoms with E-state index in [0.29, 0.717) is 6.42 Å². The van der Waals surface area contributed by atoms with Crippen molar-refractivity contribution < 1.29 is 0 Å². The van der Waals surface area contributed by atoms with Gasteiger partial charge in [0.2, 0.25) is 0 Å². The number of hydrogen-bond donors (Lipinski definition) is 0. The molecule has 22 heavy (non-hydrogen) atoms. The Morgan fingerprint density at radius 3 is 1.55 bits per heavy atom. The van der Waals surface area contributed by atoms with Gasteiger partial charge in [-0.15, -0.1) is 12.3 Å². The summed E-state index contributed by atoms with van der Waals surface area (Å²) in [4.78, 5) is 2.24. The molecule has 0 unspecified atom stereocenters. The van der Waals surface area contributed by atoms with Crippen LogP contribution < -0.4 is 4.90 Å². The summed E-state index contributed by atoms with van der Waals surface area (Å²) in [6.07, 6.45) is 6.04. The summed E-state index contributed by atoms with van der Waals surface area (Å²) in [5, 5.41) is 0. The van der Waals surface area contributed by atoms with Gasteiger partial charge in [-0.3, -0.25) is 0 Å². The lowest BCUT2D eigenvalue weighted by Gasteiger charge is -2.25. The van der Waals surface area contributed by atoms with E-state index in [0.717, 1.165) is 22.6 Å². The van der Waals surface area contributed by atoms with Crippen LogP contribution in [0.1, 0.15) is 5.56 Å². The smallest absolute Gasteiger partial charge is 0.0461 e. The molecule has 0 amide bonds. The van der Waals surface area contributed by atoms with E-state index in [1.165, 1.54) is 0 Å². The Bertz CT molecular complexity index is 713. The van der Waals surface area contributed by atoms with Crippen molar-refractivity contribution in [2.75, 3.05) is 4.90 Å². The highest BCUT2D eigenvalue weighted by molar-refractivity contribution is 5.76. The van der Waals surface area contributed by atoms with Crippen LogP contribution in [0.2, 0.25) is 0 Å². The van der Waals surface area contributed by atoms with Gasteiger partial charge in [0.1, 0.15) is 0 Å². The molecule has 0 aliphatic carbocycles. The molecule has 106 valence electrons. The predicted octanol–water partition coefficient (Wildman–Crippen LogP) is 5.33. The second-order valence-electron chi connectivity index (χ2n) is 5.05. The minimum atomic E-state index is 0.664. The van der Waals surface area contributed by atoms with Crippen LogP contribution in [0.3, 0.4) is 0 Å². The van der Waals surface area contributed by atoms with Gasteiger partial charge in [-0.25, -0.2) is 0 Å². The van der Waals surface area contributed by atoms with E-state index in [4.69, 9.17) is 6.42 Å². The highest BCUT2D eigenvalue weighted by Gasteiger charge is 2.11. The summed E-state index contributed by atoms with van der Waals surface area (Å²) in [6.45, 7) is 0. The zero-order valence-electron chi connectivity index (χ0n) is 12.3. The van der Waals surface area contributed by atoms with E-state index in [1.54, 1.807) is 0 Å². The molecular formula is C21H17N. The van der Waals surface area contributed by atoms with Gasteiger partial charge in [-0.2, -0.15) is 0 Å². The average Bonchev–Trinajstić information content (AvgIpc) is 2.59. The van der Waals surface area contributed by atoms with Crippen molar-refractivity contribution in [3.63, 3.8) is 0 Å². The van der Waals surface area contributed by atoms with E-state index in [1.807, 2.05) is 12.1 Å². The third kappa shape index (κ3) is 3.02. The molecule has 0 aromatic heterocycles. The molecule has 0 radical (unpaired) electrons. The van der Waals surface area contributed by atoms with Crippen LogP contribution in [0.5, 0.6) is 0 Å². The second-order valence-corrected chi connectivity index (χ2v) is 5.05. The lowest BCUT2D eigenvalue weighted by atomic mass is 10.1. The molecule has 1 nitrogen and oxygen atoms in total. The maximum atomic E-state index is 5.38. The molecule has 3 aromatic rings. The van der Waals surface area contributed by atoms with E-state index in [9.17, 15) is 0 Å². The fourth-order valence-electron chi connectivity index (χ4n) is 2.48. The highest BCUT2D eigenvalue weighted by atomic mass is 15.1. The van der Waals surface area contributed by atoms with E-state index in [-0.39, 0.29) is 0 Å². The summed E-state index contributed by atoms with van der Waals surface area (Å²) < 4.78 is 0. The molecule has 3 aromatic carbocycles. The number of anilines is 3. The molecule has 0 heterocycles. The van der Waals surface area contributed by atoms with Gasteiger partial charge in [0.15, 0.2) is 0 Å². The Kier molecular flexibility index (Phi) is 4.22. The fourth-order valence-corrected chi connectivity index (χ4v) is 2.48. The van der Waals surface area contributed by atoms with Crippen molar-refractivity contribution in [1.29, 1.82) is 0 Å². The maximum absolute atomic E-state index is 5.38. The Balaban J connectivity index is 2.04. The first kappa shape index (κ1) is 14.0. The van der Waals surface area contributed by atoms with E-state index in [2.05, 4.69) is 83.6 Å². The van der Waals surface area contributed by atoms with Crippen LogP contribution in [-0.4, -0.2) is 0 Å². The molecule has 0 atom stereocenters. The van der Waals surface area contributed by atoms with Crippen LogP contribution >= 0.6 is 0 Å². The summed E-state index contributed by atoms with van der Waals surface area (Å²) in [7, 11) is 0. The SMILES string of the molecule is C#CCc1ccc(N(c2ccccc2)c2ccccc2)cc1. The van der Waals surface area contributed by atoms with Crippen molar-refractivity contribution in [1.82, 2.24) is 0 Å². The Morgan fingerprint density at radius 1 is 0.636 bits per heavy atom. The summed E-state index contributed by atoms with van der Waals surface area (Å²) in [5.74, 6) is 2.68. The van der Waals surface area contributed by atoms with Crippen molar-refractivity contribution in [3.8, 4) is 12.3 Å². The largest absolute Gasteiger partial charge is 0.311 e. The number of terminal acetylenes is 1. The van der Waals surface area contributed by atoms with Gasteiger partial charge in [0, 0.05) is 23.5 Å².